The first-order valence-electron chi connectivity index (χ1n) is 5.47. The summed E-state index contributed by atoms with van der Waals surface area (Å²) in [6.07, 6.45) is 6.21. The molecular formula is C11H19N3O2. The molecule has 0 aliphatic carbocycles. The molecule has 90 valence electrons. The maximum atomic E-state index is 11.7. The summed E-state index contributed by atoms with van der Waals surface area (Å²) in [5.41, 5.74) is 6.01. The van der Waals surface area contributed by atoms with Gasteiger partial charge in [-0.05, 0) is 6.42 Å². The number of nitrogens with zero attached hydrogens (tertiary/aromatic N) is 1. The zero-order valence-corrected chi connectivity index (χ0v) is 9.82. The van der Waals surface area contributed by atoms with Crippen molar-refractivity contribution < 1.29 is 9.53 Å². The van der Waals surface area contributed by atoms with Gasteiger partial charge in [-0.1, -0.05) is 19.8 Å². The van der Waals surface area contributed by atoms with Crippen molar-refractivity contribution in [1.29, 1.82) is 0 Å². The largest absolute Gasteiger partial charge is 0.468 e. The second-order valence-electron chi connectivity index (χ2n) is 4.00. The smallest absolute Gasteiger partial charge is 0.326 e. The van der Waals surface area contributed by atoms with E-state index in [1.165, 1.54) is 7.11 Å². The molecule has 0 aliphatic heterocycles. The molecule has 0 amide bonds. The summed E-state index contributed by atoms with van der Waals surface area (Å²) < 4.78 is 4.76. The van der Waals surface area contributed by atoms with E-state index in [-0.39, 0.29) is 5.97 Å². The summed E-state index contributed by atoms with van der Waals surface area (Å²) in [7, 11) is 1.36. The minimum Gasteiger partial charge on any atom is -0.468 e. The van der Waals surface area contributed by atoms with E-state index in [9.17, 15) is 4.79 Å². The Labute approximate surface area is 95.4 Å². The number of nitrogens with one attached hydrogen (secondary N) is 1. The Hall–Kier alpha value is -1.36. The molecular weight excluding hydrogens is 206 g/mol. The number of carbonyl (C=O) groups is 1. The Bertz CT molecular complexity index is 324. The van der Waals surface area contributed by atoms with Crippen LogP contribution in [0.1, 0.15) is 31.9 Å². The number of H-pyrrole nitrogens is 1. The fourth-order valence-corrected chi connectivity index (χ4v) is 1.68. The van der Waals surface area contributed by atoms with Gasteiger partial charge in [0, 0.05) is 18.3 Å². The lowest BCUT2D eigenvalue weighted by Crippen LogP contribution is -2.50. The third kappa shape index (κ3) is 3.06. The third-order valence-electron chi connectivity index (χ3n) is 2.63. The van der Waals surface area contributed by atoms with Gasteiger partial charge in [0.25, 0.3) is 0 Å². The van der Waals surface area contributed by atoms with Crippen molar-refractivity contribution >= 4 is 5.97 Å². The molecule has 0 fully saturated rings. The fourth-order valence-electron chi connectivity index (χ4n) is 1.68. The highest BCUT2D eigenvalue weighted by atomic mass is 16.5. The van der Waals surface area contributed by atoms with Gasteiger partial charge in [-0.25, -0.2) is 4.98 Å². The van der Waals surface area contributed by atoms with Crippen molar-refractivity contribution in [2.45, 2.75) is 38.1 Å². The van der Waals surface area contributed by atoms with Gasteiger partial charge >= 0.3 is 5.97 Å². The maximum Gasteiger partial charge on any atom is 0.326 e. The van der Waals surface area contributed by atoms with Crippen LogP contribution in [-0.2, 0) is 16.0 Å². The van der Waals surface area contributed by atoms with E-state index in [1.54, 1.807) is 12.5 Å². The first kappa shape index (κ1) is 12.7. The zero-order valence-electron chi connectivity index (χ0n) is 9.82. The van der Waals surface area contributed by atoms with E-state index in [0.29, 0.717) is 12.8 Å². The lowest BCUT2D eigenvalue weighted by molar-refractivity contribution is -0.147. The van der Waals surface area contributed by atoms with E-state index in [1.807, 2.05) is 0 Å². The van der Waals surface area contributed by atoms with Crippen molar-refractivity contribution in [1.82, 2.24) is 9.97 Å². The number of aromatic amines is 1. The van der Waals surface area contributed by atoms with Crippen molar-refractivity contribution in [2.75, 3.05) is 7.11 Å². The molecule has 1 aromatic rings. The summed E-state index contributed by atoms with van der Waals surface area (Å²) in [6, 6.07) is 0. The number of unbranched alkanes of at least 4 members (excludes halogenated alkanes) is 1. The SMILES string of the molecule is CCCCC(N)(Cc1cnc[nH]1)C(=O)OC. The predicted molar refractivity (Wildman–Crippen MR) is 60.8 cm³/mol. The van der Waals surface area contributed by atoms with E-state index in [0.717, 1.165) is 18.5 Å². The molecule has 5 nitrogen and oxygen atoms in total. The number of esters is 1. The zero-order chi connectivity index (χ0) is 12.0. The molecule has 0 spiro atoms. The predicted octanol–water partition coefficient (Wildman–Crippen LogP) is 1.01. The van der Waals surface area contributed by atoms with Gasteiger partial charge in [-0.3, -0.25) is 4.79 Å². The second kappa shape index (κ2) is 5.65. The summed E-state index contributed by atoms with van der Waals surface area (Å²) in [5.74, 6) is -0.365. The quantitative estimate of drug-likeness (QED) is 0.708. The Morgan fingerprint density at radius 2 is 2.44 bits per heavy atom. The van der Waals surface area contributed by atoms with Crippen LogP contribution in [0, 0.1) is 0 Å². The molecule has 1 atom stereocenters. The van der Waals surface area contributed by atoms with Gasteiger partial charge in [0.1, 0.15) is 5.54 Å². The lowest BCUT2D eigenvalue weighted by atomic mass is 9.89. The molecule has 1 aromatic heterocycles. The number of methoxy groups -OCH3 is 1. The van der Waals surface area contributed by atoms with Gasteiger partial charge in [0.05, 0.1) is 13.4 Å². The number of aromatic nitrogens is 2. The number of hydrogen-bond donors (Lipinski definition) is 2. The minimum atomic E-state index is -0.947. The van der Waals surface area contributed by atoms with E-state index >= 15 is 0 Å². The van der Waals surface area contributed by atoms with E-state index in [4.69, 9.17) is 10.5 Å². The highest BCUT2D eigenvalue weighted by Crippen LogP contribution is 2.18. The summed E-state index contributed by atoms with van der Waals surface area (Å²) >= 11 is 0. The van der Waals surface area contributed by atoms with E-state index < -0.39 is 5.54 Å². The van der Waals surface area contributed by atoms with Crippen LogP contribution < -0.4 is 5.73 Å². The van der Waals surface area contributed by atoms with Crippen LogP contribution in [0.3, 0.4) is 0 Å². The van der Waals surface area contributed by atoms with Gasteiger partial charge < -0.3 is 15.5 Å². The average molecular weight is 225 g/mol. The molecule has 5 heteroatoms. The number of ether oxygens (including phenoxy) is 1. The standard InChI is InChI=1S/C11H19N3O2/c1-3-4-5-11(12,10(15)16-2)6-9-7-13-8-14-9/h7-8H,3-6,12H2,1-2H3,(H,13,14). The average Bonchev–Trinajstić information content (AvgIpc) is 2.77. The van der Waals surface area contributed by atoms with E-state index in [2.05, 4.69) is 16.9 Å². The number of nitrogens with two attached hydrogens (primary N) is 1. The van der Waals surface area contributed by atoms with Crippen LogP contribution in [0.25, 0.3) is 0 Å². The minimum absolute atomic E-state index is 0.365. The monoisotopic (exact) mass is 225 g/mol. The first-order chi connectivity index (χ1) is 7.62. The fraction of sp³-hybridized carbons (Fsp3) is 0.636. The molecule has 1 heterocycles. The summed E-state index contributed by atoms with van der Waals surface area (Å²) in [6.45, 7) is 2.06. The van der Waals surface area contributed by atoms with Crippen LogP contribution in [-0.4, -0.2) is 28.6 Å². The molecule has 0 aromatic carbocycles. The van der Waals surface area contributed by atoms with Crippen molar-refractivity contribution in [3.05, 3.63) is 18.2 Å². The van der Waals surface area contributed by atoms with Crippen LogP contribution in [0.4, 0.5) is 0 Å². The molecule has 16 heavy (non-hydrogen) atoms. The normalized spacial score (nSPS) is 14.4. The Kier molecular flexibility index (Phi) is 4.49. The Morgan fingerprint density at radius 3 is 2.94 bits per heavy atom. The van der Waals surface area contributed by atoms with Crippen molar-refractivity contribution in [3.8, 4) is 0 Å². The third-order valence-corrected chi connectivity index (χ3v) is 2.63. The molecule has 1 rings (SSSR count). The van der Waals surface area contributed by atoms with Gasteiger partial charge in [-0.15, -0.1) is 0 Å². The molecule has 0 aliphatic rings. The Morgan fingerprint density at radius 1 is 1.69 bits per heavy atom. The number of imidazole rings is 1. The molecule has 0 radical (unpaired) electrons. The van der Waals surface area contributed by atoms with Gasteiger partial charge in [-0.2, -0.15) is 0 Å². The van der Waals surface area contributed by atoms with Gasteiger partial charge in [0.2, 0.25) is 0 Å². The van der Waals surface area contributed by atoms with Crippen LogP contribution in [0.5, 0.6) is 0 Å². The number of rotatable bonds is 6. The lowest BCUT2D eigenvalue weighted by Gasteiger charge is -2.25. The maximum absolute atomic E-state index is 11.7. The van der Waals surface area contributed by atoms with Crippen LogP contribution in [0.2, 0.25) is 0 Å². The number of hydrogen-bond acceptors (Lipinski definition) is 4. The molecule has 0 bridgehead atoms. The summed E-state index contributed by atoms with van der Waals surface area (Å²) in [4.78, 5) is 18.5. The van der Waals surface area contributed by atoms with Gasteiger partial charge in [0.15, 0.2) is 0 Å². The van der Waals surface area contributed by atoms with Crippen LogP contribution in [0.15, 0.2) is 12.5 Å². The van der Waals surface area contributed by atoms with Crippen molar-refractivity contribution in [2.24, 2.45) is 5.73 Å². The molecule has 0 saturated heterocycles. The first-order valence-corrected chi connectivity index (χ1v) is 5.47. The highest BCUT2D eigenvalue weighted by Gasteiger charge is 2.35. The topological polar surface area (TPSA) is 81.0 Å². The van der Waals surface area contributed by atoms with Crippen molar-refractivity contribution in [3.63, 3.8) is 0 Å². The van der Waals surface area contributed by atoms with Crippen LogP contribution >= 0.6 is 0 Å². The Balaban J connectivity index is 2.73. The summed E-state index contributed by atoms with van der Waals surface area (Å²) in [5, 5.41) is 0. The molecule has 0 saturated carbocycles. The number of carbonyl (C=O) groups excluding carboxylic acids is 1. The second-order valence-corrected chi connectivity index (χ2v) is 4.00. The molecule has 1 unspecified atom stereocenters. The molecule has 3 N–H and O–H groups in total. The highest BCUT2D eigenvalue weighted by molar-refractivity contribution is 5.80.